The number of benzene rings is 3. The maximum Gasteiger partial charge on any atom is 0.271 e. The summed E-state index contributed by atoms with van der Waals surface area (Å²) in [5.74, 6) is 0.486. The molecule has 3 aromatic carbocycles. The highest BCUT2D eigenvalue weighted by Gasteiger charge is 2.35. The number of thiazole rings is 1. The largest absolute Gasteiger partial charge is 0.496 e. The fourth-order valence-electron chi connectivity index (χ4n) is 5.91. The summed E-state index contributed by atoms with van der Waals surface area (Å²) in [5, 5.41) is 1.06. The Morgan fingerprint density at radius 2 is 1.75 bits per heavy atom. The second-order valence-corrected chi connectivity index (χ2v) is 12.6. The van der Waals surface area contributed by atoms with E-state index in [1.807, 2.05) is 75.4 Å². The van der Waals surface area contributed by atoms with Gasteiger partial charge in [-0.05, 0) is 56.7 Å². The van der Waals surface area contributed by atoms with Gasteiger partial charge >= 0.3 is 0 Å². The van der Waals surface area contributed by atoms with E-state index in [-0.39, 0.29) is 11.5 Å². The van der Waals surface area contributed by atoms with Gasteiger partial charge < -0.3 is 14.2 Å². The van der Waals surface area contributed by atoms with Gasteiger partial charge in [-0.1, -0.05) is 75.8 Å². The molecule has 1 aliphatic heterocycles. The number of hydrogen-bond donors (Lipinski definition) is 0. The molecular formula is C35H33BrN4O3S. The number of allylic oxidation sites excluding steroid dienone is 1. The van der Waals surface area contributed by atoms with E-state index in [4.69, 9.17) is 9.73 Å². The maximum absolute atomic E-state index is 14.3. The molecule has 0 N–H and O–H groups in total. The first-order chi connectivity index (χ1) is 21.3. The number of nitrogens with zero attached hydrogens (tertiary/aromatic N) is 4. The number of para-hydroxylation sites is 2. The zero-order valence-electron chi connectivity index (χ0n) is 25.1. The van der Waals surface area contributed by atoms with E-state index in [9.17, 15) is 9.59 Å². The first-order valence-corrected chi connectivity index (χ1v) is 16.2. The number of amides is 1. The van der Waals surface area contributed by atoms with E-state index < -0.39 is 6.04 Å². The fraction of sp³-hybridized carbons (Fsp3) is 0.229. The summed E-state index contributed by atoms with van der Waals surface area (Å²) in [6.07, 6.45) is 4.05. The number of fused-ring (bicyclic) bond motifs is 2. The highest BCUT2D eigenvalue weighted by molar-refractivity contribution is 9.10. The Kier molecular flexibility index (Phi) is 8.42. The van der Waals surface area contributed by atoms with Gasteiger partial charge in [-0.15, -0.1) is 0 Å². The molecule has 0 radical (unpaired) electrons. The summed E-state index contributed by atoms with van der Waals surface area (Å²) in [5.41, 5.74) is 4.87. The average molecular weight is 670 g/mol. The van der Waals surface area contributed by atoms with Crippen LogP contribution in [-0.4, -0.2) is 40.1 Å². The van der Waals surface area contributed by atoms with Crippen LogP contribution in [0.2, 0.25) is 0 Å². The number of rotatable bonds is 8. The molecule has 0 saturated carbocycles. The van der Waals surface area contributed by atoms with Crippen LogP contribution in [0.25, 0.3) is 17.0 Å². The van der Waals surface area contributed by atoms with Crippen molar-refractivity contribution in [2.45, 2.75) is 33.4 Å². The second kappa shape index (κ2) is 12.4. The van der Waals surface area contributed by atoms with E-state index in [0.29, 0.717) is 46.0 Å². The minimum absolute atomic E-state index is 0.127. The molecule has 44 heavy (non-hydrogen) atoms. The monoisotopic (exact) mass is 668 g/mol. The van der Waals surface area contributed by atoms with Crippen molar-refractivity contribution in [3.05, 3.63) is 131 Å². The van der Waals surface area contributed by atoms with Crippen molar-refractivity contribution in [3.63, 3.8) is 0 Å². The maximum atomic E-state index is 14.3. The third-order valence-electron chi connectivity index (χ3n) is 8.11. The summed E-state index contributed by atoms with van der Waals surface area (Å²) >= 11 is 4.86. The second-order valence-electron chi connectivity index (χ2n) is 10.7. The first kappa shape index (κ1) is 29.8. The van der Waals surface area contributed by atoms with Crippen LogP contribution >= 0.6 is 27.3 Å². The average Bonchev–Trinajstić information content (AvgIpc) is 3.54. The molecule has 5 aromatic rings. The van der Waals surface area contributed by atoms with Crippen molar-refractivity contribution < 1.29 is 9.53 Å². The van der Waals surface area contributed by atoms with Crippen molar-refractivity contribution in [2.75, 3.05) is 20.2 Å². The molecule has 0 spiro atoms. The molecule has 224 valence electrons. The van der Waals surface area contributed by atoms with Gasteiger partial charge in [0.05, 0.1) is 22.9 Å². The molecule has 7 nitrogen and oxygen atoms in total. The zero-order valence-corrected chi connectivity index (χ0v) is 27.5. The molecule has 1 amide bonds. The van der Waals surface area contributed by atoms with Gasteiger partial charge in [-0.2, -0.15) is 0 Å². The number of methoxy groups -OCH3 is 1. The summed E-state index contributed by atoms with van der Waals surface area (Å²) < 4.78 is 11.2. The normalized spacial score (nSPS) is 14.9. The van der Waals surface area contributed by atoms with E-state index in [1.54, 1.807) is 16.6 Å². The van der Waals surface area contributed by atoms with Gasteiger partial charge in [-0.3, -0.25) is 14.2 Å². The molecule has 2 aromatic heterocycles. The van der Waals surface area contributed by atoms with E-state index in [2.05, 4.69) is 51.0 Å². The van der Waals surface area contributed by atoms with Gasteiger partial charge in [-0.25, -0.2) is 4.99 Å². The molecule has 0 aliphatic carbocycles. The van der Waals surface area contributed by atoms with Gasteiger partial charge in [0.15, 0.2) is 4.80 Å². The van der Waals surface area contributed by atoms with E-state index >= 15 is 0 Å². The minimum Gasteiger partial charge on any atom is -0.496 e. The van der Waals surface area contributed by atoms with Crippen LogP contribution in [0.5, 0.6) is 5.75 Å². The van der Waals surface area contributed by atoms with Crippen LogP contribution in [0.15, 0.2) is 105 Å². The molecule has 0 unspecified atom stereocenters. The summed E-state index contributed by atoms with van der Waals surface area (Å²) in [7, 11) is 1.61. The first-order valence-electron chi connectivity index (χ1n) is 14.6. The Balaban J connectivity index is 1.53. The van der Waals surface area contributed by atoms with Crippen LogP contribution in [0.3, 0.4) is 0 Å². The Morgan fingerprint density at radius 3 is 2.48 bits per heavy atom. The number of carbonyl (C=O) groups excluding carboxylic acids is 1. The lowest BCUT2D eigenvalue weighted by Crippen LogP contribution is -2.43. The number of halogens is 1. The highest BCUT2D eigenvalue weighted by atomic mass is 79.9. The predicted molar refractivity (Wildman–Crippen MR) is 180 cm³/mol. The molecule has 9 heteroatoms. The highest BCUT2D eigenvalue weighted by Crippen LogP contribution is 2.36. The van der Waals surface area contributed by atoms with Crippen LogP contribution in [0.4, 0.5) is 0 Å². The lowest BCUT2D eigenvalue weighted by Gasteiger charge is -2.29. The van der Waals surface area contributed by atoms with Crippen molar-refractivity contribution in [1.82, 2.24) is 14.0 Å². The SMILES string of the molecule is CCN(CC)C(=O)C1=C(C)N=c2s/c(=C/c3cn(Cc4ccc(Br)cc4)c4ccccc34)c(=O)n2[C@@H]1c1ccccc1OC. The van der Waals surface area contributed by atoms with E-state index in [0.717, 1.165) is 26.5 Å². The summed E-state index contributed by atoms with van der Waals surface area (Å²) in [6.45, 7) is 7.58. The van der Waals surface area contributed by atoms with Crippen LogP contribution in [-0.2, 0) is 11.3 Å². The number of likely N-dealkylation sites (N-methyl/N-ethyl adjacent to an activating group) is 1. The number of carbonyl (C=O) groups is 1. The van der Waals surface area contributed by atoms with Crippen molar-refractivity contribution in [3.8, 4) is 5.75 Å². The lowest BCUT2D eigenvalue weighted by molar-refractivity contribution is -0.127. The van der Waals surface area contributed by atoms with Crippen molar-refractivity contribution in [1.29, 1.82) is 0 Å². The number of aromatic nitrogens is 2. The molecule has 1 atom stereocenters. The topological polar surface area (TPSA) is 68.8 Å². The molecular weight excluding hydrogens is 636 g/mol. The van der Waals surface area contributed by atoms with Gasteiger partial charge in [0.25, 0.3) is 11.5 Å². The number of hydrogen-bond acceptors (Lipinski definition) is 5. The molecule has 6 rings (SSSR count). The Morgan fingerprint density at radius 1 is 1.05 bits per heavy atom. The molecule has 1 aliphatic rings. The van der Waals surface area contributed by atoms with Crippen LogP contribution in [0.1, 0.15) is 43.5 Å². The Bertz CT molecular complexity index is 2080. The van der Waals surface area contributed by atoms with Gasteiger partial charge in [0.1, 0.15) is 11.8 Å². The summed E-state index contributed by atoms with van der Waals surface area (Å²) in [6, 6.07) is 23.4. The van der Waals surface area contributed by atoms with Crippen LogP contribution in [0, 0.1) is 0 Å². The van der Waals surface area contributed by atoms with Gasteiger partial charge in [0.2, 0.25) is 0 Å². The van der Waals surface area contributed by atoms with Crippen molar-refractivity contribution in [2.24, 2.45) is 4.99 Å². The summed E-state index contributed by atoms with van der Waals surface area (Å²) in [4.78, 5) is 35.4. The molecule has 0 bridgehead atoms. The molecule has 0 fully saturated rings. The third-order valence-corrected chi connectivity index (χ3v) is 9.62. The molecule has 3 heterocycles. The quantitative estimate of drug-likeness (QED) is 0.208. The van der Waals surface area contributed by atoms with Crippen molar-refractivity contribution >= 4 is 50.2 Å². The molecule has 0 saturated heterocycles. The standard InChI is InChI=1S/C35H33BrN4O3S/c1-5-38(6-2)34(42)31-22(3)37-35-40(32(31)27-12-8-10-14-29(27)43-4)33(41)30(44-35)19-24-21-39(28-13-9-7-11-26(24)28)20-23-15-17-25(36)18-16-23/h7-19,21,32H,5-6,20H2,1-4H3/b30-19+/t32-/m1/s1. The van der Waals surface area contributed by atoms with Crippen LogP contribution < -0.4 is 19.6 Å². The minimum atomic E-state index is -0.670. The van der Waals surface area contributed by atoms with E-state index in [1.165, 1.54) is 16.9 Å². The lowest BCUT2D eigenvalue weighted by atomic mass is 9.94. The van der Waals surface area contributed by atoms with Gasteiger partial charge in [0, 0.05) is 52.3 Å². The predicted octanol–water partition coefficient (Wildman–Crippen LogP) is 5.88. The Hall–Kier alpha value is -4.21. The zero-order chi connectivity index (χ0) is 31.0. The smallest absolute Gasteiger partial charge is 0.271 e. The number of ether oxygens (including phenoxy) is 1. The Labute approximate surface area is 268 Å². The fourth-order valence-corrected chi connectivity index (χ4v) is 7.21. The third kappa shape index (κ3) is 5.35.